The largest absolute Gasteiger partial charge is 0.406 e. The van der Waals surface area contributed by atoms with Crippen molar-refractivity contribution < 1.29 is 22.8 Å². The third-order valence-electron chi connectivity index (χ3n) is 3.55. The number of hydrogen-bond acceptors (Lipinski definition) is 2. The molecule has 1 aromatic rings. The third-order valence-corrected chi connectivity index (χ3v) is 4.28. The number of guanidine groups is 1. The van der Waals surface area contributed by atoms with Crippen LogP contribution in [-0.2, 0) is 4.79 Å². The number of alkyl halides is 3. The van der Waals surface area contributed by atoms with E-state index in [1.165, 1.54) is 12.1 Å². The summed E-state index contributed by atoms with van der Waals surface area (Å²) in [5.41, 5.74) is 10.5. The van der Waals surface area contributed by atoms with E-state index >= 15 is 0 Å². The fourth-order valence-corrected chi connectivity index (χ4v) is 2.97. The summed E-state index contributed by atoms with van der Waals surface area (Å²) in [6.45, 7) is -1.46. The number of carbonyl (C=O) groups excluding carboxylic acids is 2. The van der Waals surface area contributed by atoms with Crippen LogP contribution in [0.5, 0.6) is 0 Å². The quantitative estimate of drug-likeness (QED) is 0.603. The van der Waals surface area contributed by atoms with Gasteiger partial charge in [0.1, 0.15) is 6.54 Å². The smallest absolute Gasteiger partial charge is 0.370 e. The first-order valence-corrected chi connectivity index (χ1v) is 7.74. The van der Waals surface area contributed by atoms with Gasteiger partial charge in [0.2, 0.25) is 5.91 Å². The van der Waals surface area contributed by atoms with Crippen LogP contribution >= 0.6 is 23.2 Å². The predicted octanol–water partition coefficient (Wildman–Crippen LogP) is 2.63. The van der Waals surface area contributed by atoms with Gasteiger partial charge in [-0.25, -0.2) is 0 Å². The van der Waals surface area contributed by atoms with Gasteiger partial charge in [-0.3, -0.25) is 9.59 Å². The summed E-state index contributed by atoms with van der Waals surface area (Å²) < 4.78 is 38.5. The van der Waals surface area contributed by atoms with Crippen LogP contribution < -0.4 is 11.5 Å². The maximum absolute atomic E-state index is 12.8. The lowest BCUT2D eigenvalue weighted by Crippen LogP contribution is -2.37. The molecule has 1 unspecified atom stereocenters. The maximum Gasteiger partial charge on any atom is 0.406 e. The van der Waals surface area contributed by atoms with E-state index in [1.807, 2.05) is 0 Å². The highest BCUT2D eigenvalue weighted by atomic mass is 35.5. The van der Waals surface area contributed by atoms with E-state index in [4.69, 9.17) is 34.7 Å². The molecule has 136 valence electrons. The monoisotopic (exact) mass is 396 g/mol. The van der Waals surface area contributed by atoms with E-state index in [9.17, 15) is 22.8 Å². The van der Waals surface area contributed by atoms with E-state index in [1.54, 1.807) is 0 Å². The number of fused-ring (bicyclic) bond motifs is 1. The molecule has 2 amide bonds. The second kappa shape index (κ2) is 7.09. The minimum atomic E-state index is -4.60. The first kappa shape index (κ1) is 19.3. The normalized spacial score (nSPS) is 16.8. The Hall–Kier alpha value is -2.00. The molecule has 6 nitrogen and oxygen atoms in total. The zero-order valence-electron chi connectivity index (χ0n) is 12.6. The Morgan fingerprint density at radius 3 is 2.40 bits per heavy atom. The van der Waals surface area contributed by atoms with Crippen molar-refractivity contribution in [1.29, 1.82) is 0 Å². The Bertz CT molecular complexity index is 748. The van der Waals surface area contributed by atoms with Crippen molar-refractivity contribution in [3.63, 3.8) is 0 Å². The molecule has 4 N–H and O–H groups in total. The van der Waals surface area contributed by atoms with Crippen LogP contribution in [-0.4, -0.2) is 35.4 Å². The van der Waals surface area contributed by atoms with Gasteiger partial charge in [-0.05, 0) is 24.1 Å². The van der Waals surface area contributed by atoms with Gasteiger partial charge in [0, 0.05) is 12.0 Å². The average molecular weight is 397 g/mol. The van der Waals surface area contributed by atoms with E-state index < -0.39 is 36.5 Å². The van der Waals surface area contributed by atoms with Crippen molar-refractivity contribution in [2.24, 2.45) is 16.5 Å². The second-order valence-corrected chi connectivity index (χ2v) is 6.20. The van der Waals surface area contributed by atoms with Gasteiger partial charge in [-0.15, -0.1) is 0 Å². The van der Waals surface area contributed by atoms with E-state index in [0.717, 1.165) is 0 Å². The molecule has 11 heteroatoms. The molecule has 1 heterocycles. The molecular weight excluding hydrogens is 384 g/mol. The number of carbonyl (C=O) groups is 2. The number of nitrogens with zero attached hydrogens (tertiary/aromatic N) is 2. The Balaban J connectivity index is 2.34. The molecule has 1 aromatic carbocycles. The molecule has 0 bridgehead atoms. The highest BCUT2D eigenvalue weighted by molar-refractivity contribution is 6.42. The molecule has 1 aliphatic heterocycles. The summed E-state index contributed by atoms with van der Waals surface area (Å²) in [6, 6.07) is 1.57. The standard InChI is InChI=1S/C14H13Cl2F3N4O2/c15-8-3-6-7(4-9(8)16)12(25)23(5-14(17,18)19)10(6)1-2-11(24)22-13(20)21/h3-4,10H,1-2,5H2,(H4,20,21,22,24). The molecule has 0 saturated heterocycles. The average Bonchev–Trinajstić information content (AvgIpc) is 2.68. The van der Waals surface area contributed by atoms with Crippen LogP contribution in [0.3, 0.4) is 0 Å². The van der Waals surface area contributed by atoms with Crippen LogP contribution in [0.1, 0.15) is 34.8 Å². The first-order chi connectivity index (χ1) is 11.5. The van der Waals surface area contributed by atoms with Crippen LogP contribution in [0.25, 0.3) is 0 Å². The molecule has 0 spiro atoms. The van der Waals surface area contributed by atoms with Crippen molar-refractivity contribution in [3.05, 3.63) is 33.3 Å². The number of hydrogen-bond donors (Lipinski definition) is 2. The number of halogens is 5. The third kappa shape index (κ3) is 4.55. The number of nitrogens with two attached hydrogens (primary N) is 2. The molecule has 0 saturated carbocycles. The minimum Gasteiger partial charge on any atom is -0.370 e. The van der Waals surface area contributed by atoms with E-state index in [0.29, 0.717) is 4.90 Å². The SMILES string of the molecule is NC(N)=NC(=O)CCC1c2cc(Cl)c(Cl)cc2C(=O)N1CC(F)(F)F. The fourth-order valence-electron chi connectivity index (χ4n) is 2.63. The molecule has 25 heavy (non-hydrogen) atoms. The van der Waals surface area contributed by atoms with E-state index in [-0.39, 0.29) is 34.0 Å². The van der Waals surface area contributed by atoms with Gasteiger partial charge in [-0.2, -0.15) is 18.2 Å². The highest BCUT2D eigenvalue weighted by Crippen LogP contribution is 2.41. The van der Waals surface area contributed by atoms with Gasteiger partial charge in [0.15, 0.2) is 5.96 Å². The second-order valence-electron chi connectivity index (χ2n) is 5.39. The number of amides is 2. The van der Waals surface area contributed by atoms with Crippen LogP contribution in [0.2, 0.25) is 10.0 Å². The molecule has 0 radical (unpaired) electrons. The maximum atomic E-state index is 12.8. The summed E-state index contributed by atoms with van der Waals surface area (Å²) in [5.74, 6) is -1.98. The van der Waals surface area contributed by atoms with Crippen molar-refractivity contribution in [1.82, 2.24) is 4.90 Å². The zero-order chi connectivity index (χ0) is 18.9. The molecular formula is C14H13Cl2F3N4O2. The number of benzene rings is 1. The Kier molecular flexibility index (Phi) is 5.48. The van der Waals surface area contributed by atoms with Gasteiger partial charge >= 0.3 is 6.18 Å². The van der Waals surface area contributed by atoms with Gasteiger partial charge in [-0.1, -0.05) is 23.2 Å². The van der Waals surface area contributed by atoms with Crippen molar-refractivity contribution in [2.45, 2.75) is 25.1 Å². The topological polar surface area (TPSA) is 102 Å². The molecule has 1 aliphatic rings. The Morgan fingerprint density at radius 2 is 1.84 bits per heavy atom. The van der Waals surface area contributed by atoms with Gasteiger partial charge in [0.05, 0.1) is 16.1 Å². The van der Waals surface area contributed by atoms with Crippen molar-refractivity contribution >= 4 is 41.0 Å². The molecule has 2 rings (SSSR count). The summed E-state index contributed by atoms with van der Waals surface area (Å²) in [7, 11) is 0. The lowest BCUT2D eigenvalue weighted by molar-refractivity contribution is -0.144. The fraction of sp³-hybridized carbons (Fsp3) is 0.357. The predicted molar refractivity (Wildman–Crippen MR) is 86.3 cm³/mol. The molecule has 0 aromatic heterocycles. The Morgan fingerprint density at radius 1 is 1.24 bits per heavy atom. The van der Waals surface area contributed by atoms with Gasteiger partial charge in [0.25, 0.3) is 5.91 Å². The van der Waals surface area contributed by atoms with Crippen molar-refractivity contribution in [2.75, 3.05) is 6.54 Å². The minimum absolute atomic E-state index is 0.0259. The summed E-state index contributed by atoms with van der Waals surface area (Å²) in [6.07, 6.45) is -4.94. The number of rotatable bonds is 4. The summed E-state index contributed by atoms with van der Waals surface area (Å²) >= 11 is 11.8. The van der Waals surface area contributed by atoms with Crippen molar-refractivity contribution in [3.8, 4) is 0 Å². The lowest BCUT2D eigenvalue weighted by Gasteiger charge is -2.26. The van der Waals surface area contributed by atoms with Crippen LogP contribution in [0.15, 0.2) is 17.1 Å². The van der Waals surface area contributed by atoms with Gasteiger partial charge < -0.3 is 16.4 Å². The zero-order valence-corrected chi connectivity index (χ0v) is 14.1. The summed E-state index contributed by atoms with van der Waals surface area (Å²) in [4.78, 5) is 27.9. The molecule has 1 atom stereocenters. The van der Waals surface area contributed by atoms with E-state index in [2.05, 4.69) is 4.99 Å². The molecule has 0 fully saturated rings. The van der Waals surface area contributed by atoms with Crippen LogP contribution in [0, 0.1) is 0 Å². The number of aliphatic imine (C=N–C) groups is 1. The first-order valence-electron chi connectivity index (χ1n) is 6.98. The lowest BCUT2D eigenvalue weighted by atomic mass is 10.0. The van der Waals surface area contributed by atoms with Crippen LogP contribution in [0.4, 0.5) is 13.2 Å². The Labute approximate surface area is 150 Å². The highest BCUT2D eigenvalue weighted by Gasteiger charge is 2.43. The molecule has 0 aliphatic carbocycles. The summed E-state index contributed by atoms with van der Waals surface area (Å²) in [5, 5.41) is 0.153.